The highest BCUT2D eigenvalue weighted by molar-refractivity contribution is 5.50. The standard InChI is InChI=1S/C16H17NO5/c1-12-3-5-13(6-4-12)21-9-10-22-16-8-7-14(20-2)11-15(16)17(18)19/h3-8,11H,9-10H2,1-2H3. The third-order valence-corrected chi connectivity index (χ3v) is 2.99. The molecule has 22 heavy (non-hydrogen) atoms. The minimum Gasteiger partial charge on any atom is -0.496 e. The summed E-state index contributed by atoms with van der Waals surface area (Å²) in [5, 5.41) is 11.0. The number of hydrogen-bond donors (Lipinski definition) is 0. The van der Waals surface area contributed by atoms with Crippen LogP contribution in [0.5, 0.6) is 17.2 Å². The van der Waals surface area contributed by atoms with Gasteiger partial charge in [-0.2, -0.15) is 0 Å². The molecule has 6 heteroatoms. The largest absolute Gasteiger partial charge is 0.496 e. The second-order valence-corrected chi connectivity index (χ2v) is 4.60. The van der Waals surface area contributed by atoms with Crippen LogP contribution in [0.15, 0.2) is 42.5 Å². The van der Waals surface area contributed by atoms with Gasteiger partial charge < -0.3 is 14.2 Å². The van der Waals surface area contributed by atoms with E-state index >= 15 is 0 Å². The fourth-order valence-corrected chi connectivity index (χ4v) is 1.83. The number of ether oxygens (including phenoxy) is 3. The molecule has 0 unspecified atom stereocenters. The highest BCUT2D eigenvalue weighted by atomic mass is 16.6. The molecule has 0 aliphatic carbocycles. The summed E-state index contributed by atoms with van der Waals surface area (Å²) in [5.74, 6) is 1.34. The van der Waals surface area contributed by atoms with Crippen molar-refractivity contribution in [3.05, 3.63) is 58.1 Å². The molecule has 6 nitrogen and oxygen atoms in total. The third kappa shape index (κ3) is 4.12. The van der Waals surface area contributed by atoms with E-state index in [2.05, 4.69) is 0 Å². The molecule has 0 aliphatic heterocycles. The lowest BCUT2D eigenvalue weighted by molar-refractivity contribution is -0.385. The van der Waals surface area contributed by atoms with Gasteiger partial charge in [0.15, 0.2) is 5.75 Å². The molecule has 0 heterocycles. The van der Waals surface area contributed by atoms with E-state index in [9.17, 15) is 10.1 Å². The molecule has 0 amide bonds. The summed E-state index contributed by atoms with van der Waals surface area (Å²) in [6.45, 7) is 2.50. The molecule has 0 spiro atoms. The van der Waals surface area contributed by atoms with E-state index < -0.39 is 4.92 Å². The fraction of sp³-hybridized carbons (Fsp3) is 0.250. The lowest BCUT2D eigenvalue weighted by Gasteiger charge is -2.09. The van der Waals surface area contributed by atoms with E-state index in [0.29, 0.717) is 12.4 Å². The number of nitro benzene ring substituents is 1. The Labute approximate surface area is 128 Å². The van der Waals surface area contributed by atoms with Crippen molar-refractivity contribution in [1.82, 2.24) is 0 Å². The Morgan fingerprint density at radius 1 is 1.00 bits per heavy atom. The van der Waals surface area contributed by atoms with Crippen molar-refractivity contribution in [3.63, 3.8) is 0 Å². The van der Waals surface area contributed by atoms with Gasteiger partial charge in [-0.15, -0.1) is 0 Å². The molecular weight excluding hydrogens is 286 g/mol. The predicted molar refractivity (Wildman–Crippen MR) is 81.8 cm³/mol. The molecule has 0 bridgehead atoms. The van der Waals surface area contributed by atoms with Crippen molar-refractivity contribution in [2.75, 3.05) is 20.3 Å². The van der Waals surface area contributed by atoms with Gasteiger partial charge in [0, 0.05) is 0 Å². The summed E-state index contributed by atoms with van der Waals surface area (Å²) in [6, 6.07) is 12.1. The molecule has 0 saturated carbocycles. The van der Waals surface area contributed by atoms with Crippen LogP contribution < -0.4 is 14.2 Å². The van der Waals surface area contributed by atoms with E-state index in [1.165, 1.54) is 19.2 Å². The van der Waals surface area contributed by atoms with Gasteiger partial charge in [-0.25, -0.2) is 0 Å². The molecule has 0 N–H and O–H groups in total. The van der Waals surface area contributed by atoms with Crippen LogP contribution in [0.4, 0.5) is 5.69 Å². The molecule has 0 radical (unpaired) electrons. The average molecular weight is 303 g/mol. The van der Waals surface area contributed by atoms with Crippen LogP contribution in [0.25, 0.3) is 0 Å². The molecule has 0 atom stereocenters. The zero-order valence-electron chi connectivity index (χ0n) is 12.4. The van der Waals surface area contributed by atoms with Crippen molar-refractivity contribution in [1.29, 1.82) is 0 Å². The number of hydrogen-bond acceptors (Lipinski definition) is 5. The highest BCUT2D eigenvalue weighted by Crippen LogP contribution is 2.30. The van der Waals surface area contributed by atoms with Gasteiger partial charge in [-0.05, 0) is 31.2 Å². The maximum atomic E-state index is 11.0. The number of nitro groups is 1. The van der Waals surface area contributed by atoms with Gasteiger partial charge >= 0.3 is 5.69 Å². The first-order valence-electron chi connectivity index (χ1n) is 6.75. The SMILES string of the molecule is COc1ccc(OCCOc2ccc(C)cc2)c([N+](=O)[O-])c1. The smallest absolute Gasteiger partial charge is 0.314 e. The number of nitrogens with zero attached hydrogens (tertiary/aromatic N) is 1. The molecular formula is C16H17NO5. The number of benzene rings is 2. The quantitative estimate of drug-likeness (QED) is 0.445. The highest BCUT2D eigenvalue weighted by Gasteiger charge is 2.16. The maximum Gasteiger partial charge on any atom is 0.314 e. The van der Waals surface area contributed by atoms with Crippen LogP contribution in [0.1, 0.15) is 5.56 Å². The van der Waals surface area contributed by atoms with Crippen LogP contribution in [0, 0.1) is 17.0 Å². The lowest BCUT2D eigenvalue weighted by Crippen LogP contribution is -2.10. The van der Waals surface area contributed by atoms with Gasteiger partial charge in [0.05, 0.1) is 18.1 Å². The summed E-state index contributed by atoms with van der Waals surface area (Å²) in [7, 11) is 1.45. The number of rotatable bonds is 7. The summed E-state index contributed by atoms with van der Waals surface area (Å²) in [4.78, 5) is 10.5. The second kappa shape index (κ2) is 7.31. The first kappa shape index (κ1) is 15.6. The zero-order chi connectivity index (χ0) is 15.9. The molecule has 2 rings (SSSR count). The molecule has 0 saturated heterocycles. The average Bonchev–Trinajstić information content (AvgIpc) is 2.53. The van der Waals surface area contributed by atoms with Gasteiger partial charge in [-0.3, -0.25) is 10.1 Å². The predicted octanol–water partition coefficient (Wildman–Crippen LogP) is 3.37. The van der Waals surface area contributed by atoms with Gasteiger partial charge in [-0.1, -0.05) is 17.7 Å². The Bertz CT molecular complexity index is 639. The van der Waals surface area contributed by atoms with Crippen molar-refractivity contribution in [3.8, 4) is 17.2 Å². The van der Waals surface area contributed by atoms with Crippen LogP contribution in [-0.2, 0) is 0 Å². The first-order valence-corrected chi connectivity index (χ1v) is 6.75. The molecule has 2 aromatic carbocycles. The Balaban J connectivity index is 1.91. The maximum absolute atomic E-state index is 11.0. The van der Waals surface area contributed by atoms with Crippen molar-refractivity contribution in [2.45, 2.75) is 6.92 Å². The van der Waals surface area contributed by atoms with E-state index in [4.69, 9.17) is 14.2 Å². The van der Waals surface area contributed by atoms with Crippen molar-refractivity contribution < 1.29 is 19.1 Å². The monoisotopic (exact) mass is 303 g/mol. The number of methoxy groups -OCH3 is 1. The molecule has 0 fully saturated rings. The van der Waals surface area contributed by atoms with Crippen molar-refractivity contribution >= 4 is 5.69 Å². The minimum absolute atomic E-state index is 0.130. The molecule has 2 aromatic rings. The Kier molecular flexibility index (Phi) is 5.19. The minimum atomic E-state index is -0.501. The summed E-state index contributed by atoms with van der Waals surface area (Å²) >= 11 is 0. The molecule has 0 aromatic heterocycles. The van der Waals surface area contributed by atoms with E-state index in [1.807, 2.05) is 31.2 Å². The summed E-state index contributed by atoms with van der Waals surface area (Å²) in [5.41, 5.74) is 1.02. The summed E-state index contributed by atoms with van der Waals surface area (Å²) < 4.78 is 15.9. The van der Waals surface area contributed by atoms with Crippen molar-refractivity contribution in [2.24, 2.45) is 0 Å². The van der Waals surface area contributed by atoms with Crippen LogP contribution in [0.2, 0.25) is 0 Å². The summed E-state index contributed by atoms with van der Waals surface area (Å²) in [6.07, 6.45) is 0. The van der Waals surface area contributed by atoms with Gasteiger partial charge in [0.25, 0.3) is 0 Å². The lowest BCUT2D eigenvalue weighted by atomic mass is 10.2. The third-order valence-electron chi connectivity index (χ3n) is 2.99. The van der Waals surface area contributed by atoms with E-state index in [0.717, 1.165) is 11.3 Å². The van der Waals surface area contributed by atoms with E-state index in [1.54, 1.807) is 6.07 Å². The second-order valence-electron chi connectivity index (χ2n) is 4.60. The Hall–Kier alpha value is -2.76. The zero-order valence-corrected chi connectivity index (χ0v) is 12.4. The molecule has 0 aliphatic rings. The number of aryl methyl sites for hydroxylation is 1. The molecule has 116 valence electrons. The van der Waals surface area contributed by atoms with Crippen LogP contribution in [0.3, 0.4) is 0 Å². The Morgan fingerprint density at radius 3 is 2.27 bits per heavy atom. The first-order chi connectivity index (χ1) is 10.6. The topological polar surface area (TPSA) is 70.8 Å². The van der Waals surface area contributed by atoms with Gasteiger partial charge in [0.1, 0.15) is 24.7 Å². The Morgan fingerprint density at radius 2 is 1.64 bits per heavy atom. The normalized spacial score (nSPS) is 10.1. The fourth-order valence-electron chi connectivity index (χ4n) is 1.83. The van der Waals surface area contributed by atoms with E-state index in [-0.39, 0.29) is 18.0 Å². The van der Waals surface area contributed by atoms with Crippen LogP contribution in [-0.4, -0.2) is 25.2 Å². The van der Waals surface area contributed by atoms with Gasteiger partial charge in [0.2, 0.25) is 0 Å². The van der Waals surface area contributed by atoms with Crippen LogP contribution >= 0.6 is 0 Å².